The first-order valence-corrected chi connectivity index (χ1v) is 7.57. The van der Waals surface area contributed by atoms with Gasteiger partial charge in [0.2, 0.25) is 0 Å². The van der Waals surface area contributed by atoms with Gasteiger partial charge in [-0.1, -0.05) is 18.2 Å². The van der Waals surface area contributed by atoms with E-state index in [1.54, 1.807) is 18.2 Å². The molecule has 5 heteroatoms. The van der Waals surface area contributed by atoms with Gasteiger partial charge in [0.1, 0.15) is 5.82 Å². The summed E-state index contributed by atoms with van der Waals surface area (Å²) < 4.78 is 24.2. The van der Waals surface area contributed by atoms with Gasteiger partial charge in [0.25, 0.3) is 0 Å². The maximum Gasteiger partial charge on any atom is 0.128 e. The Labute approximate surface area is 125 Å². The zero-order chi connectivity index (χ0) is 14.9. The van der Waals surface area contributed by atoms with Gasteiger partial charge in [0.05, 0.1) is 25.4 Å². The Morgan fingerprint density at radius 3 is 3.05 bits per heavy atom. The zero-order valence-corrected chi connectivity index (χ0v) is 12.3. The van der Waals surface area contributed by atoms with Crippen molar-refractivity contribution < 1.29 is 19.0 Å². The van der Waals surface area contributed by atoms with E-state index in [4.69, 9.17) is 9.47 Å². The molecule has 0 amide bonds. The summed E-state index contributed by atoms with van der Waals surface area (Å²) in [5.41, 5.74) is 0.510. The van der Waals surface area contributed by atoms with Gasteiger partial charge >= 0.3 is 0 Å². The average Bonchev–Trinajstić information content (AvgIpc) is 2.99. The molecule has 2 rings (SSSR count). The third kappa shape index (κ3) is 6.09. The fraction of sp³-hybridized carbons (Fsp3) is 0.625. The van der Waals surface area contributed by atoms with Crippen LogP contribution in [-0.2, 0) is 16.1 Å². The predicted octanol–water partition coefficient (Wildman–Crippen LogP) is 1.86. The highest BCUT2D eigenvalue weighted by molar-refractivity contribution is 5.16. The minimum absolute atomic E-state index is 0.180. The van der Waals surface area contributed by atoms with Crippen LogP contribution in [0.5, 0.6) is 0 Å². The molecule has 2 atom stereocenters. The van der Waals surface area contributed by atoms with E-state index in [9.17, 15) is 9.50 Å². The fourth-order valence-corrected chi connectivity index (χ4v) is 2.38. The number of benzene rings is 1. The Morgan fingerprint density at radius 2 is 2.29 bits per heavy atom. The standard InChI is InChI=1S/C16H24FNO3/c17-16-6-2-1-4-13(16)11-20-12-14(19)10-18-8-7-15-5-3-9-21-15/h1-2,4,6,14-15,18-19H,3,5,7-12H2. The van der Waals surface area contributed by atoms with Gasteiger partial charge in [0, 0.05) is 18.7 Å². The second kappa shape index (κ2) is 9.10. The van der Waals surface area contributed by atoms with Gasteiger partial charge in [-0.05, 0) is 31.9 Å². The molecular formula is C16H24FNO3. The third-order valence-electron chi connectivity index (χ3n) is 3.57. The molecule has 0 spiro atoms. The molecule has 2 N–H and O–H groups in total. The molecule has 1 saturated heterocycles. The van der Waals surface area contributed by atoms with Gasteiger partial charge in [-0.3, -0.25) is 0 Å². The Kier molecular flexibility index (Phi) is 7.09. The molecule has 1 aromatic rings. The van der Waals surface area contributed by atoms with Crippen LogP contribution in [0.1, 0.15) is 24.8 Å². The summed E-state index contributed by atoms with van der Waals surface area (Å²) in [4.78, 5) is 0. The Bertz CT molecular complexity index is 410. The number of nitrogens with one attached hydrogen (secondary N) is 1. The summed E-state index contributed by atoms with van der Waals surface area (Å²) in [5.74, 6) is -0.276. The van der Waals surface area contributed by atoms with Crippen LogP contribution in [0.2, 0.25) is 0 Å². The molecule has 21 heavy (non-hydrogen) atoms. The molecule has 4 nitrogen and oxygen atoms in total. The predicted molar refractivity (Wildman–Crippen MR) is 78.5 cm³/mol. The maximum atomic E-state index is 13.3. The molecule has 1 fully saturated rings. The van der Waals surface area contributed by atoms with Crippen molar-refractivity contribution >= 4 is 0 Å². The maximum absolute atomic E-state index is 13.3. The first-order chi connectivity index (χ1) is 10.3. The van der Waals surface area contributed by atoms with Crippen molar-refractivity contribution in [1.29, 1.82) is 0 Å². The highest BCUT2D eigenvalue weighted by atomic mass is 19.1. The van der Waals surface area contributed by atoms with Crippen molar-refractivity contribution in [1.82, 2.24) is 5.32 Å². The molecule has 0 aromatic heterocycles. The molecule has 0 saturated carbocycles. The second-order valence-corrected chi connectivity index (χ2v) is 5.39. The molecule has 0 aliphatic carbocycles. The molecule has 2 unspecified atom stereocenters. The fourth-order valence-electron chi connectivity index (χ4n) is 2.38. The van der Waals surface area contributed by atoms with E-state index < -0.39 is 6.10 Å². The van der Waals surface area contributed by atoms with Gasteiger partial charge in [-0.2, -0.15) is 0 Å². The first-order valence-electron chi connectivity index (χ1n) is 7.57. The lowest BCUT2D eigenvalue weighted by atomic mass is 10.2. The van der Waals surface area contributed by atoms with Gasteiger partial charge in [0.15, 0.2) is 0 Å². The Morgan fingerprint density at radius 1 is 1.43 bits per heavy atom. The SMILES string of the molecule is OC(CNCCC1CCCO1)COCc1ccccc1F. The van der Waals surface area contributed by atoms with Crippen molar-refractivity contribution in [3.63, 3.8) is 0 Å². The summed E-state index contributed by atoms with van der Waals surface area (Å²) in [6.07, 6.45) is 3.05. The molecule has 118 valence electrons. The minimum atomic E-state index is -0.582. The number of aliphatic hydroxyl groups excluding tert-OH is 1. The van der Waals surface area contributed by atoms with E-state index in [-0.39, 0.29) is 19.0 Å². The van der Waals surface area contributed by atoms with Crippen molar-refractivity contribution in [3.8, 4) is 0 Å². The van der Waals surface area contributed by atoms with Gasteiger partial charge in [-0.15, -0.1) is 0 Å². The summed E-state index contributed by atoms with van der Waals surface area (Å²) >= 11 is 0. The average molecular weight is 297 g/mol. The number of halogens is 1. The lowest BCUT2D eigenvalue weighted by Crippen LogP contribution is -2.32. The van der Waals surface area contributed by atoms with E-state index in [0.717, 1.165) is 32.4 Å². The van der Waals surface area contributed by atoms with Crippen LogP contribution < -0.4 is 5.32 Å². The summed E-state index contributed by atoms with van der Waals surface area (Å²) in [5, 5.41) is 13.0. The van der Waals surface area contributed by atoms with Crippen molar-refractivity contribution in [3.05, 3.63) is 35.6 Å². The van der Waals surface area contributed by atoms with E-state index >= 15 is 0 Å². The van der Waals surface area contributed by atoms with E-state index in [1.807, 2.05) is 0 Å². The summed E-state index contributed by atoms with van der Waals surface area (Å²) in [6.45, 7) is 2.55. The van der Waals surface area contributed by atoms with Crippen LogP contribution in [0.4, 0.5) is 4.39 Å². The monoisotopic (exact) mass is 297 g/mol. The second-order valence-electron chi connectivity index (χ2n) is 5.39. The topological polar surface area (TPSA) is 50.7 Å². The van der Waals surface area contributed by atoms with Crippen molar-refractivity contribution in [2.45, 2.75) is 38.1 Å². The lowest BCUT2D eigenvalue weighted by Gasteiger charge is -2.14. The summed E-state index contributed by atoms with van der Waals surface area (Å²) in [6, 6.07) is 6.50. The Hall–Kier alpha value is -1.01. The van der Waals surface area contributed by atoms with Crippen LogP contribution in [-0.4, -0.2) is 43.6 Å². The van der Waals surface area contributed by atoms with Crippen LogP contribution in [0.15, 0.2) is 24.3 Å². The molecule has 1 aliphatic heterocycles. The molecular weight excluding hydrogens is 273 g/mol. The number of hydrogen-bond acceptors (Lipinski definition) is 4. The molecule has 1 heterocycles. The normalized spacial score (nSPS) is 19.8. The number of aliphatic hydroxyl groups is 1. The number of rotatable bonds is 9. The number of ether oxygens (including phenoxy) is 2. The quantitative estimate of drug-likeness (QED) is 0.683. The largest absolute Gasteiger partial charge is 0.389 e. The Balaban J connectivity index is 1.51. The van der Waals surface area contributed by atoms with Gasteiger partial charge in [-0.25, -0.2) is 4.39 Å². The lowest BCUT2D eigenvalue weighted by molar-refractivity contribution is 0.0272. The smallest absolute Gasteiger partial charge is 0.128 e. The van der Waals surface area contributed by atoms with E-state index in [1.165, 1.54) is 6.07 Å². The highest BCUT2D eigenvalue weighted by Gasteiger charge is 2.14. The first kappa shape index (κ1) is 16.4. The number of hydrogen-bond donors (Lipinski definition) is 2. The van der Waals surface area contributed by atoms with Crippen LogP contribution in [0.3, 0.4) is 0 Å². The highest BCUT2D eigenvalue weighted by Crippen LogP contribution is 2.14. The van der Waals surface area contributed by atoms with Crippen LogP contribution >= 0.6 is 0 Å². The van der Waals surface area contributed by atoms with Crippen molar-refractivity contribution in [2.75, 3.05) is 26.3 Å². The molecule has 1 aromatic carbocycles. The van der Waals surface area contributed by atoms with E-state index in [0.29, 0.717) is 18.2 Å². The van der Waals surface area contributed by atoms with Crippen molar-refractivity contribution in [2.24, 2.45) is 0 Å². The van der Waals surface area contributed by atoms with Crippen LogP contribution in [0.25, 0.3) is 0 Å². The molecule has 1 aliphatic rings. The van der Waals surface area contributed by atoms with Crippen LogP contribution in [0, 0.1) is 5.82 Å². The molecule has 0 bridgehead atoms. The molecule has 0 radical (unpaired) electrons. The minimum Gasteiger partial charge on any atom is -0.389 e. The summed E-state index contributed by atoms with van der Waals surface area (Å²) in [7, 11) is 0. The van der Waals surface area contributed by atoms with Gasteiger partial charge < -0.3 is 19.9 Å². The zero-order valence-electron chi connectivity index (χ0n) is 12.3. The van der Waals surface area contributed by atoms with E-state index in [2.05, 4.69) is 5.32 Å². The third-order valence-corrected chi connectivity index (χ3v) is 3.57.